The maximum atomic E-state index is 6.43. The number of rotatable bonds is 4. The van der Waals surface area contributed by atoms with Crippen LogP contribution in [0.5, 0.6) is 0 Å². The van der Waals surface area contributed by atoms with Gasteiger partial charge in [-0.05, 0) is 24.5 Å². The highest BCUT2D eigenvalue weighted by Gasteiger charge is 2.36. The van der Waals surface area contributed by atoms with Crippen molar-refractivity contribution in [3.8, 4) is 11.5 Å². The Kier molecular flexibility index (Phi) is 3.75. The third kappa shape index (κ3) is 2.90. The summed E-state index contributed by atoms with van der Waals surface area (Å²) in [5.41, 5.74) is 8.75. The fourth-order valence-corrected chi connectivity index (χ4v) is 3.73. The molecule has 0 atom stereocenters. The van der Waals surface area contributed by atoms with E-state index in [-0.39, 0.29) is 0 Å². The molecule has 136 valence electrons. The molecule has 0 amide bonds. The molecule has 7 nitrogen and oxygen atoms in total. The molecule has 27 heavy (non-hydrogen) atoms. The first-order valence-corrected chi connectivity index (χ1v) is 9.20. The summed E-state index contributed by atoms with van der Waals surface area (Å²) in [6.45, 7) is 0.678. The van der Waals surface area contributed by atoms with Crippen molar-refractivity contribution in [1.29, 1.82) is 0 Å². The van der Waals surface area contributed by atoms with Crippen LogP contribution in [-0.2, 0) is 12.1 Å². The smallest absolute Gasteiger partial charge is 0.259 e. The Bertz CT molecular complexity index is 1080. The maximum absolute atomic E-state index is 6.43. The van der Waals surface area contributed by atoms with Crippen LogP contribution in [0.3, 0.4) is 0 Å². The van der Waals surface area contributed by atoms with Crippen LogP contribution < -0.4 is 5.73 Å². The molecule has 7 heteroatoms. The van der Waals surface area contributed by atoms with E-state index in [2.05, 4.69) is 32.4 Å². The summed E-state index contributed by atoms with van der Waals surface area (Å²) in [7, 11) is 0. The van der Waals surface area contributed by atoms with Crippen LogP contribution >= 0.6 is 0 Å². The zero-order valence-electron chi connectivity index (χ0n) is 14.9. The monoisotopic (exact) mass is 360 g/mol. The van der Waals surface area contributed by atoms with E-state index in [0.29, 0.717) is 18.3 Å². The van der Waals surface area contributed by atoms with Gasteiger partial charge in [-0.15, -0.1) is 0 Å². The van der Waals surface area contributed by atoms with Crippen LogP contribution in [0.15, 0.2) is 53.3 Å². The topological polar surface area (TPSA) is 95.6 Å². The fraction of sp³-hybridized carbons (Fsp3) is 0.300. The Labute approximate surface area is 156 Å². The normalized spacial score (nSPS) is 16.2. The van der Waals surface area contributed by atoms with Crippen molar-refractivity contribution < 1.29 is 4.52 Å². The van der Waals surface area contributed by atoms with Gasteiger partial charge in [0.1, 0.15) is 0 Å². The Morgan fingerprint density at radius 1 is 1.11 bits per heavy atom. The van der Waals surface area contributed by atoms with Crippen LogP contribution in [0, 0.1) is 0 Å². The van der Waals surface area contributed by atoms with E-state index >= 15 is 0 Å². The minimum Gasteiger partial charge on any atom is -0.334 e. The van der Waals surface area contributed by atoms with E-state index in [0.717, 1.165) is 42.3 Å². The number of hydrogen-bond acceptors (Lipinski definition) is 6. The third-order valence-corrected chi connectivity index (χ3v) is 5.27. The number of benzene rings is 1. The standard InChI is InChI=1S/C20H20N6O/c21-20(8-4-5-9-20)19-24-18(27-25-19)16-10-15-12-23-26(17(15)22-11-16)13-14-6-2-1-3-7-14/h1-3,6-7,10-12H,4-5,8-9,13,21H2. The third-order valence-electron chi connectivity index (χ3n) is 5.27. The molecule has 4 aromatic rings. The first-order chi connectivity index (χ1) is 13.2. The molecule has 1 saturated carbocycles. The van der Waals surface area contributed by atoms with Crippen molar-refractivity contribution in [2.45, 2.75) is 37.8 Å². The largest absolute Gasteiger partial charge is 0.334 e. The molecular formula is C20H20N6O. The van der Waals surface area contributed by atoms with Crippen molar-refractivity contribution >= 4 is 11.0 Å². The molecule has 3 aromatic heterocycles. The molecule has 1 aliphatic carbocycles. The van der Waals surface area contributed by atoms with Gasteiger partial charge in [-0.2, -0.15) is 10.1 Å². The molecule has 0 spiro atoms. The number of nitrogens with zero attached hydrogens (tertiary/aromatic N) is 5. The quantitative estimate of drug-likeness (QED) is 0.600. The second kappa shape index (κ2) is 6.28. The van der Waals surface area contributed by atoms with Crippen LogP contribution in [0.1, 0.15) is 37.1 Å². The van der Waals surface area contributed by atoms with E-state index in [1.54, 1.807) is 6.20 Å². The minimum absolute atomic E-state index is 0.451. The van der Waals surface area contributed by atoms with E-state index in [4.69, 9.17) is 10.3 Å². The summed E-state index contributed by atoms with van der Waals surface area (Å²) >= 11 is 0. The highest BCUT2D eigenvalue weighted by molar-refractivity contribution is 5.79. The average Bonchev–Trinajstić information content (AvgIpc) is 3.43. The second-order valence-electron chi connectivity index (χ2n) is 7.21. The van der Waals surface area contributed by atoms with Gasteiger partial charge in [0.25, 0.3) is 5.89 Å². The molecule has 3 heterocycles. The molecule has 5 rings (SSSR count). The molecule has 0 aliphatic heterocycles. The van der Waals surface area contributed by atoms with E-state index in [1.165, 1.54) is 5.56 Å². The van der Waals surface area contributed by atoms with E-state index < -0.39 is 5.54 Å². The summed E-state index contributed by atoms with van der Waals surface area (Å²) in [5.74, 6) is 1.04. The number of hydrogen-bond donors (Lipinski definition) is 1. The van der Waals surface area contributed by atoms with Gasteiger partial charge in [0, 0.05) is 11.6 Å². The number of nitrogens with two attached hydrogens (primary N) is 1. The highest BCUT2D eigenvalue weighted by Crippen LogP contribution is 2.35. The van der Waals surface area contributed by atoms with Crippen LogP contribution in [0.25, 0.3) is 22.5 Å². The van der Waals surface area contributed by atoms with Gasteiger partial charge in [0.2, 0.25) is 0 Å². The molecule has 2 N–H and O–H groups in total. The van der Waals surface area contributed by atoms with Crippen LogP contribution in [0.2, 0.25) is 0 Å². The summed E-state index contributed by atoms with van der Waals surface area (Å²) in [6.07, 6.45) is 7.57. The molecule has 1 fully saturated rings. The van der Waals surface area contributed by atoms with Crippen LogP contribution in [0.4, 0.5) is 0 Å². The van der Waals surface area contributed by atoms with Crippen molar-refractivity contribution in [3.05, 3.63) is 60.2 Å². The lowest BCUT2D eigenvalue weighted by Gasteiger charge is -2.17. The van der Waals surface area contributed by atoms with Crippen LogP contribution in [-0.4, -0.2) is 24.9 Å². The van der Waals surface area contributed by atoms with Gasteiger partial charge in [-0.1, -0.05) is 48.3 Å². The van der Waals surface area contributed by atoms with Crippen molar-refractivity contribution in [3.63, 3.8) is 0 Å². The van der Waals surface area contributed by atoms with Gasteiger partial charge in [-0.3, -0.25) is 0 Å². The van der Waals surface area contributed by atoms with Gasteiger partial charge >= 0.3 is 0 Å². The number of pyridine rings is 1. The minimum atomic E-state index is -0.458. The zero-order valence-corrected chi connectivity index (χ0v) is 14.9. The van der Waals surface area contributed by atoms with Gasteiger partial charge < -0.3 is 10.3 Å². The lowest BCUT2D eigenvalue weighted by Crippen LogP contribution is -2.34. The number of fused-ring (bicyclic) bond motifs is 1. The predicted molar refractivity (Wildman–Crippen MR) is 101 cm³/mol. The SMILES string of the molecule is NC1(c2noc(-c3cnc4c(cnn4Cc4ccccc4)c3)n2)CCCC1. The molecule has 1 aliphatic rings. The van der Waals surface area contributed by atoms with Crippen molar-refractivity contribution in [2.24, 2.45) is 5.73 Å². The summed E-state index contributed by atoms with van der Waals surface area (Å²) in [6, 6.07) is 12.2. The molecule has 0 unspecified atom stereocenters. The number of aromatic nitrogens is 5. The fourth-order valence-electron chi connectivity index (χ4n) is 3.73. The Morgan fingerprint density at radius 3 is 2.74 bits per heavy atom. The van der Waals surface area contributed by atoms with E-state index in [1.807, 2.05) is 35.1 Å². The first-order valence-electron chi connectivity index (χ1n) is 9.20. The molecule has 0 bridgehead atoms. The van der Waals surface area contributed by atoms with Gasteiger partial charge in [-0.25, -0.2) is 9.67 Å². The lowest BCUT2D eigenvalue weighted by atomic mass is 9.99. The van der Waals surface area contributed by atoms with E-state index in [9.17, 15) is 0 Å². The molecular weight excluding hydrogens is 340 g/mol. The van der Waals surface area contributed by atoms with Crippen molar-refractivity contribution in [1.82, 2.24) is 24.9 Å². The molecule has 0 radical (unpaired) electrons. The first kappa shape index (κ1) is 16.1. The zero-order chi connectivity index (χ0) is 18.3. The molecule has 0 saturated heterocycles. The maximum Gasteiger partial charge on any atom is 0.259 e. The Balaban J connectivity index is 1.45. The highest BCUT2D eigenvalue weighted by atomic mass is 16.5. The Hall–Kier alpha value is -3.06. The average molecular weight is 360 g/mol. The summed E-state index contributed by atoms with van der Waals surface area (Å²) in [4.78, 5) is 9.12. The molecule has 1 aromatic carbocycles. The second-order valence-corrected chi connectivity index (χ2v) is 7.21. The summed E-state index contributed by atoms with van der Waals surface area (Å²) < 4.78 is 7.36. The van der Waals surface area contributed by atoms with Crippen molar-refractivity contribution in [2.75, 3.05) is 0 Å². The van der Waals surface area contributed by atoms with Gasteiger partial charge in [0.05, 0.1) is 23.8 Å². The lowest BCUT2D eigenvalue weighted by molar-refractivity contribution is 0.372. The van der Waals surface area contributed by atoms with Gasteiger partial charge in [0.15, 0.2) is 11.5 Å². The Morgan fingerprint density at radius 2 is 1.93 bits per heavy atom. The predicted octanol–water partition coefficient (Wildman–Crippen LogP) is 3.26. The summed E-state index contributed by atoms with van der Waals surface area (Å²) in [5, 5.41) is 9.54.